The van der Waals surface area contributed by atoms with Crippen LogP contribution in [0.3, 0.4) is 0 Å². The Morgan fingerprint density at radius 3 is 2.55 bits per heavy atom. The third-order valence-electron chi connectivity index (χ3n) is 5.07. The van der Waals surface area contributed by atoms with Crippen LogP contribution in [0, 0.1) is 12.8 Å². The normalized spacial score (nSPS) is 13.7. The molecule has 178 valence electrons. The molecule has 0 fully saturated rings. The van der Waals surface area contributed by atoms with E-state index in [1.807, 2.05) is 51.2 Å². The molecule has 0 saturated carbocycles. The van der Waals surface area contributed by atoms with Gasteiger partial charge in [-0.15, -0.1) is 0 Å². The number of fused-ring (bicyclic) bond motifs is 1. The second-order valence-electron chi connectivity index (χ2n) is 9.76. The van der Waals surface area contributed by atoms with Gasteiger partial charge >= 0.3 is 6.09 Å². The summed E-state index contributed by atoms with van der Waals surface area (Å²) in [7, 11) is 0. The van der Waals surface area contributed by atoms with E-state index in [9.17, 15) is 9.59 Å². The van der Waals surface area contributed by atoms with Crippen LogP contribution in [0.4, 0.5) is 4.79 Å². The first kappa shape index (κ1) is 24.4. The van der Waals surface area contributed by atoms with Crippen LogP contribution in [-0.4, -0.2) is 33.6 Å². The molecule has 0 aliphatic carbocycles. The van der Waals surface area contributed by atoms with Crippen molar-refractivity contribution in [1.82, 2.24) is 20.6 Å². The number of carbonyl (C=O) groups is 2. The highest BCUT2D eigenvalue weighted by molar-refractivity contribution is 5.86. The van der Waals surface area contributed by atoms with Crippen molar-refractivity contribution in [2.75, 3.05) is 0 Å². The van der Waals surface area contributed by atoms with Gasteiger partial charge < -0.3 is 24.8 Å². The Morgan fingerprint density at radius 2 is 1.91 bits per heavy atom. The van der Waals surface area contributed by atoms with Crippen LogP contribution in [0.1, 0.15) is 64.3 Å². The number of para-hydroxylation sites is 1. The number of aromatic amines is 1. The fourth-order valence-corrected chi connectivity index (χ4v) is 3.68. The molecule has 2 amide bonds. The van der Waals surface area contributed by atoms with E-state index in [1.54, 1.807) is 27.0 Å². The summed E-state index contributed by atoms with van der Waals surface area (Å²) in [6, 6.07) is 6.74. The summed E-state index contributed by atoms with van der Waals surface area (Å²) in [6.45, 7) is 11.2. The maximum atomic E-state index is 13.3. The Labute approximate surface area is 194 Å². The Bertz CT molecular complexity index is 1090. The van der Waals surface area contributed by atoms with Crippen LogP contribution in [0.25, 0.3) is 10.9 Å². The highest BCUT2D eigenvalue weighted by Crippen LogP contribution is 2.25. The highest BCUT2D eigenvalue weighted by atomic mass is 16.6. The molecular weight excluding hydrogens is 420 g/mol. The zero-order chi connectivity index (χ0) is 24.2. The van der Waals surface area contributed by atoms with Gasteiger partial charge in [0.25, 0.3) is 0 Å². The lowest BCUT2D eigenvalue weighted by atomic mass is 10.0. The Balaban J connectivity index is 1.82. The quantitative estimate of drug-likeness (QED) is 0.453. The van der Waals surface area contributed by atoms with E-state index in [2.05, 4.69) is 20.6 Å². The first-order valence-corrected chi connectivity index (χ1v) is 11.3. The van der Waals surface area contributed by atoms with Crippen molar-refractivity contribution in [1.29, 1.82) is 0 Å². The molecule has 3 N–H and O–H groups in total. The number of carbonyl (C=O) groups excluding carboxylic acids is 2. The third-order valence-corrected chi connectivity index (χ3v) is 5.07. The van der Waals surface area contributed by atoms with Crippen molar-refractivity contribution in [3.05, 3.63) is 53.9 Å². The number of amides is 2. The van der Waals surface area contributed by atoms with E-state index in [-0.39, 0.29) is 11.8 Å². The fraction of sp³-hybridized carbons (Fsp3) is 0.480. The van der Waals surface area contributed by atoms with Crippen molar-refractivity contribution in [3.8, 4) is 0 Å². The maximum Gasteiger partial charge on any atom is 0.408 e. The Kier molecular flexibility index (Phi) is 7.46. The van der Waals surface area contributed by atoms with Crippen LogP contribution in [0.15, 0.2) is 41.1 Å². The molecule has 2 atom stereocenters. The number of hydrogen-bond donors (Lipinski definition) is 3. The predicted octanol–water partition coefficient (Wildman–Crippen LogP) is 4.80. The van der Waals surface area contributed by atoms with Crippen molar-refractivity contribution in [2.24, 2.45) is 5.92 Å². The number of nitrogens with zero attached hydrogens (tertiary/aromatic N) is 1. The second-order valence-corrected chi connectivity index (χ2v) is 9.76. The van der Waals surface area contributed by atoms with Crippen LogP contribution >= 0.6 is 0 Å². The van der Waals surface area contributed by atoms with Gasteiger partial charge in [0.1, 0.15) is 23.4 Å². The largest absolute Gasteiger partial charge is 0.444 e. The highest BCUT2D eigenvalue weighted by Gasteiger charge is 2.29. The van der Waals surface area contributed by atoms with Crippen LogP contribution in [0.5, 0.6) is 0 Å². The fourth-order valence-electron chi connectivity index (χ4n) is 3.68. The van der Waals surface area contributed by atoms with Crippen molar-refractivity contribution >= 4 is 22.9 Å². The molecule has 1 unspecified atom stereocenters. The lowest BCUT2D eigenvalue weighted by molar-refractivity contribution is -0.124. The molecule has 0 bridgehead atoms. The first-order valence-electron chi connectivity index (χ1n) is 11.3. The average Bonchev–Trinajstić information content (AvgIpc) is 3.31. The molecule has 3 rings (SSSR count). The number of alkyl carbamates (subject to hydrolysis) is 1. The van der Waals surface area contributed by atoms with Crippen LogP contribution in [0.2, 0.25) is 0 Å². The minimum atomic E-state index is -0.749. The Morgan fingerprint density at radius 1 is 1.18 bits per heavy atom. The van der Waals surface area contributed by atoms with E-state index in [4.69, 9.17) is 9.15 Å². The summed E-state index contributed by atoms with van der Waals surface area (Å²) in [4.78, 5) is 33.3. The summed E-state index contributed by atoms with van der Waals surface area (Å²) in [6.07, 6.45) is 3.90. The molecule has 8 nitrogen and oxygen atoms in total. The number of nitrogens with one attached hydrogen (secondary N) is 3. The van der Waals surface area contributed by atoms with E-state index < -0.39 is 23.8 Å². The van der Waals surface area contributed by atoms with Gasteiger partial charge in [-0.2, -0.15) is 0 Å². The zero-order valence-electron chi connectivity index (χ0n) is 20.2. The summed E-state index contributed by atoms with van der Waals surface area (Å²) in [5.41, 5.74) is 1.40. The van der Waals surface area contributed by atoms with Gasteiger partial charge in [-0.25, -0.2) is 9.78 Å². The van der Waals surface area contributed by atoms with Crippen molar-refractivity contribution in [3.63, 3.8) is 0 Å². The summed E-state index contributed by atoms with van der Waals surface area (Å²) >= 11 is 0. The summed E-state index contributed by atoms with van der Waals surface area (Å²) in [5.74, 6) is 0.961. The van der Waals surface area contributed by atoms with Crippen molar-refractivity contribution < 1.29 is 18.7 Å². The number of aromatic nitrogens is 2. The molecule has 3 aromatic rings. The minimum Gasteiger partial charge on any atom is -0.444 e. The third kappa shape index (κ3) is 6.84. The second kappa shape index (κ2) is 10.1. The van der Waals surface area contributed by atoms with Crippen molar-refractivity contribution in [2.45, 2.75) is 72.1 Å². The number of hydrogen-bond acceptors (Lipinski definition) is 5. The van der Waals surface area contributed by atoms with Crippen LogP contribution in [-0.2, 0) is 16.0 Å². The monoisotopic (exact) mass is 454 g/mol. The SMILES string of the molecule is Cc1cnc(C(Cc2c[nH]c3ccccc23)NC(=O)[C@H](CC(C)C)NC(=O)OC(C)(C)C)o1. The number of rotatable bonds is 8. The van der Waals surface area contributed by atoms with Gasteiger partial charge in [-0.1, -0.05) is 32.0 Å². The van der Waals surface area contributed by atoms with Gasteiger partial charge in [-0.3, -0.25) is 4.79 Å². The van der Waals surface area contributed by atoms with Gasteiger partial charge in [-0.05, 0) is 51.7 Å². The molecule has 0 aliphatic rings. The van der Waals surface area contributed by atoms with Crippen LogP contribution < -0.4 is 10.6 Å². The number of H-pyrrole nitrogens is 1. The number of ether oxygens (including phenoxy) is 1. The molecular formula is C25H34N4O4. The molecule has 0 aliphatic heterocycles. The Hall–Kier alpha value is -3.29. The molecule has 2 heterocycles. The molecule has 0 spiro atoms. The molecule has 0 saturated heterocycles. The molecule has 8 heteroatoms. The predicted molar refractivity (Wildman–Crippen MR) is 127 cm³/mol. The lowest BCUT2D eigenvalue weighted by Gasteiger charge is -2.25. The van der Waals surface area contributed by atoms with E-state index >= 15 is 0 Å². The number of oxazole rings is 1. The number of aryl methyl sites for hydroxylation is 1. The summed E-state index contributed by atoms with van der Waals surface area (Å²) < 4.78 is 11.1. The topological polar surface area (TPSA) is 109 Å². The van der Waals surface area contributed by atoms with Gasteiger partial charge in [0.15, 0.2) is 0 Å². The minimum absolute atomic E-state index is 0.187. The first-order chi connectivity index (χ1) is 15.5. The standard InChI is InChI=1S/C25H34N4O4/c1-15(2)11-20(29-24(31)33-25(4,5)6)22(30)28-21(23-27-13-16(3)32-23)12-17-14-26-19-10-8-7-9-18(17)19/h7-10,13-15,20-21,26H,11-12H2,1-6H3,(H,28,30)(H,29,31)/t20-,21?/m0/s1. The van der Waals surface area contributed by atoms with E-state index in [0.29, 0.717) is 24.5 Å². The molecule has 0 radical (unpaired) electrons. The molecule has 1 aromatic carbocycles. The van der Waals surface area contributed by atoms with E-state index in [0.717, 1.165) is 16.5 Å². The zero-order valence-corrected chi connectivity index (χ0v) is 20.2. The smallest absolute Gasteiger partial charge is 0.408 e. The summed E-state index contributed by atoms with van der Waals surface area (Å²) in [5, 5.41) is 6.84. The molecule has 2 aromatic heterocycles. The van der Waals surface area contributed by atoms with Gasteiger partial charge in [0, 0.05) is 23.5 Å². The average molecular weight is 455 g/mol. The lowest BCUT2D eigenvalue weighted by Crippen LogP contribution is -2.49. The maximum absolute atomic E-state index is 13.3. The number of benzene rings is 1. The van der Waals surface area contributed by atoms with Gasteiger partial charge in [0.2, 0.25) is 11.8 Å². The van der Waals surface area contributed by atoms with E-state index in [1.165, 1.54) is 0 Å². The molecule has 33 heavy (non-hydrogen) atoms. The van der Waals surface area contributed by atoms with Gasteiger partial charge in [0.05, 0.1) is 6.20 Å².